The molecule has 0 bridgehead atoms. The molecular weight excluding hydrogens is 641 g/mol. The largest absolute Gasteiger partial charge is 0.416 e. The Morgan fingerprint density at radius 2 is 1.44 bits per heavy atom. The molecule has 7 nitrogen and oxygen atoms in total. The summed E-state index contributed by atoms with van der Waals surface area (Å²) in [4.78, 5) is 42.8. The minimum atomic E-state index is -4.49. The van der Waals surface area contributed by atoms with Crippen LogP contribution in [0, 0.1) is 0 Å². The molecule has 0 radical (unpaired) electrons. The first-order valence-corrected chi connectivity index (χ1v) is 15.8. The van der Waals surface area contributed by atoms with Crippen molar-refractivity contribution in [1.29, 1.82) is 0 Å². The number of hydrogen-bond acceptors (Lipinski definition) is 3. The van der Waals surface area contributed by atoms with Crippen LogP contribution in [0.25, 0.3) is 22.0 Å². The molecule has 1 unspecified atom stereocenters. The number of nitrogens with one attached hydrogen (secondary N) is 1. The summed E-state index contributed by atoms with van der Waals surface area (Å²) in [7, 11) is 3.41. The van der Waals surface area contributed by atoms with Crippen LogP contribution in [0.2, 0.25) is 0 Å². The van der Waals surface area contributed by atoms with Crippen molar-refractivity contribution in [3.8, 4) is 11.1 Å². The van der Waals surface area contributed by atoms with Gasteiger partial charge in [0.05, 0.1) is 11.5 Å². The van der Waals surface area contributed by atoms with E-state index in [2.05, 4.69) is 5.32 Å². The van der Waals surface area contributed by atoms with E-state index in [0.29, 0.717) is 45.4 Å². The standard InChI is InChI=1S/C40H33F3N4O3/c1-46(24-25-11-5-3-6-12-25)39(50)34(27-13-7-4-8-14-27)35-32-23-29(21-22-33(32)47(2)36(35)37(44)48)45-38(49)31-16-10-9-15-30(31)26-17-19-28(20-18-26)40(41,42)43/h3-23,34H,24H2,1-2H3,(H2,44,48)(H,45,49). The van der Waals surface area contributed by atoms with Gasteiger partial charge in [-0.25, -0.2) is 0 Å². The summed E-state index contributed by atoms with van der Waals surface area (Å²) < 4.78 is 41.2. The van der Waals surface area contributed by atoms with Crippen LogP contribution in [0.1, 0.15) is 49.0 Å². The van der Waals surface area contributed by atoms with Gasteiger partial charge in [-0.3, -0.25) is 14.4 Å². The van der Waals surface area contributed by atoms with Gasteiger partial charge in [0, 0.05) is 48.4 Å². The zero-order chi connectivity index (χ0) is 35.6. The van der Waals surface area contributed by atoms with Crippen molar-refractivity contribution >= 4 is 34.3 Å². The summed E-state index contributed by atoms with van der Waals surface area (Å²) in [6.45, 7) is 0.333. The van der Waals surface area contributed by atoms with E-state index in [1.165, 1.54) is 12.1 Å². The van der Waals surface area contributed by atoms with Crippen LogP contribution in [0.5, 0.6) is 0 Å². The van der Waals surface area contributed by atoms with E-state index < -0.39 is 29.5 Å². The Balaban J connectivity index is 1.41. The fraction of sp³-hybridized carbons (Fsp3) is 0.125. The first kappa shape index (κ1) is 33.7. The Morgan fingerprint density at radius 1 is 0.820 bits per heavy atom. The Hall–Kier alpha value is -6.16. The molecule has 10 heteroatoms. The number of primary amides is 1. The zero-order valence-corrected chi connectivity index (χ0v) is 27.2. The molecule has 0 fully saturated rings. The number of fused-ring (bicyclic) bond motifs is 1. The van der Waals surface area contributed by atoms with Gasteiger partial charge in [0.15, 0.2) is 0 Å². The Morgan fingerprint density at radius 3 is 2.08 bits per heavy atom. The highest BCUT2D eigenvalue weighted by Crippen LogP contribution is 2.38. The molecule has 50 heavy (non-hydrogen) atoms. The smallest absolute Gasteiger partial charge is 0.364 e. The molecule has 6 rings (SSSR count). The van der Waals surface area contributed by atoms with E-state index in [4.69, 9.17) is 5.73 Å². The van der Waals surface area contributed by atoms with E-state index in [0.717, 1.165) is 17.7 Å². The first-order chi connectivity index (χ1) is 23.9. The topological polar surface area (TPSA) is 97.4 Å². The summed E-state index contributed by atoms with van der Waals surface area (Å²) in [5.74, 6) is -2.38. The van der Waals surface area contributed by atoms with Crippen molar-refractivity contribution in [3.05, 3.63) is 161 Å². The number of amides is 3. The number of benzene rings is 5. The normalized spacial score (nSPS) is 12.0. The van der Waals surface area contributed by atoms with Crippen LogP contribution >= 0.6 is 0 Å². The number of aromatic nitrogens is 1. The molecule has 252 valence electrons. The number of carbonyl (C=O) groups is 3. The number of halogens is 3. The molecule has 0 aliphatic rings. The fourth-order valence-corrected chi connectivity index (χ4v) is 6.34. The highest BCUT2D eigenvalue weighted by Gasteiger charge is 2.34. The molecule has 1 aromatic heterocycles. The van der Waals surface area contributed by atoms with Crippen LogP contribution < -0.4 is 11.1 Å². The number of aryl methyl sites for hydroxylation is 1. The van der Waals surface area contributed by atoms with Crippen LogP contribution in [0.4, 0.5) is 18.9 Å². The fourth-order valence-electron chi connectivity index (χ4n) is 6.34. The summed E-state index contributed by atoms with van der Waals surface area (Å²) in [6.07, 6.45) is -4.49. The van der Waals surface area contributed by atoms with Gasteiger partial charge < -0.3 is 20.5 Å². The highest BCUT2D eigenvalue weighted by molar-refractivity contribution is 6.10. The molecule has 0 saturated carbocycles. The second-order valence-electron chi connectivity index (χ2n) is 12.0. The number of nitrogens with two attached hydrogens (primary N) is 1. The summed E-state index contributed by atoms with van der Waals surface area (Å²) >= 11 is 0. The molecule has 0 saturated heterocycles. The third-order valence-corrected chi connectivity index (χ3v) is 8.73. The van der Waals surface area contributed by atoms with Gasteiger partial charge in [-0.05, 0) is 58.7 Å². The molecule has 1 heterocycles. The van der Waals surface area contributed by atoms with E-state index in [1.807, 2.05) is 60.7 Å². The van der Waals surface area contributed by atoms with Gasteiger partial charge in [-0.15, -0.1) is 0 Å². The lowest BCUT2D eigenvalue weighted by molar-refractivity contribution is -0.137. The second kappa shape index (κ2) is 13.8. The summed E-state index contributed by atoms with van der Waals surface area (Å²) in [6, 6.07) is 35.1. The zero-order valence-electron chi connectivity index (χ0n) is 27.2. The number of carbonyl (C=O) groups excluding carboxylic acids is 3. The van der Waals surface area contributed by atoms with Crippen molar-refractivity contribution < 1.29 is 27.6 Å². The molecule has 5 aromatic carbocycles. The van der Waals surface area contributed by atoms with E-state index in [9.17, 15) is 27.6 Å². The minimum Gasteiger partial charge on any atom is -0.364 e. The maximum Gasteiger partial charge on any atom is 0.416 e. The third kappa shape index (κ3) is 6.73. The lowest BCUT2D eigenvalue weighted by atomic mass is 9.87. The second-order valence-corrected chi connectivity index (χ2v) is 12.0. The van der Waals surface area contributed by atoms with Gasteiger partial charge in [-0.1, -0.05) is 91.0 Å². The highest BCUT2D eigenvalue weighted by atomic mass is 19.4. The quantitative estimate of drug-likeness (QED) is 0.163. The number of nitrogens with zero attached hydrogens (tertiary/aromatic N) is 2. The van der Waals surface area contributed by atoms with Gasteiger partial charge in [-0.2, -0.15) is 13.2 Å². The first-order valence-electron chi connectivity index (χ1n) is 15.8. The molecule has 0 aliphatic carbocycles. The van der Waals surface area contributed by atoms with Gasteiger partial charge in [0.1, 0.15) is 5.69 Å². The average molecular weight is 675 g/mol. The molecule has 6 aromatic rings. The Bertz CT molecular complexity index is 2200. The lowest BCUT2D eigenvalue weighted by Crippen LogP contribution is -2.33. The molecule has 0 spiro atoms. The molecule has 3 amide bonds. The van der Waals surface area contributed by atoms with Gasteiger partial charge in [0.2, 0.25) is 5.91 Å². The van der Waals surface area contributed by atoms with Crippen LogP contribution in [-0.4, -0.2) is 34.2 Å². The summed E-state index contributed by atoms with van der Waals surface area (Å²) in [5.41, 5.74) is 9.50. The van der Waals surface area contributed by atoms with Crippen molar-refractivity contribution in [3.63, 3.8) is 0 Å². The monoisotopic (exact) mass is 674 g/mol. The van der Waals surface area contributed by atoms with Crippen molar-refractivity contribution in [2.45, 2.75) is 18.6 Å². The number of hydrogen-bond donors (Lipinski definition) is 2. The van der Waals surface area contributed by atoms with Crippen LogP contribution in [0.3, 0.4) is 0 Å². The lowest BCUT2D eigenvalue weighted by Gasteiger charge is -2.25. The van der Waals surface area contributed by atoms with Crippen LogP contribution in [-0.2, 0) is 24.6 Å². The van der Waals surface area contributed by atoms with E-state index in [-0.39, 0.29) is 17.2 Å². The number of anilines is 1. The minimum absolute atomic E-state index is 0.159. The van der Waals surface area contributed by atoms with Gasteiger partial charge >= 0.3 is 6.18 Å². The molecule has 0 aliphatic heterocycles. The number of likely N-dealkylation sites (N-methyl/N-ethyl adjacent to an activating group) is 1. The Labute approximate surface area is 286 Å². The summed E-state index contributed by atoms with van der Waals surface area (Å²) in [5, 5.41) is 3.45. The Kier molecular flexibility index (Phi) is 9.28. The van der Waals surface area contributed by atoms with Crippen molar-refractivity contribution in [2.75, 3.05) is 12.4 Å². The average Bonchev–Trinajstić information content (AvgIpc) is 3.39. The van der Waals surface area contributed by atoms with E-state index >= 15 is 0 Å². The van der Waals surface area contributed by atoms with E-state index in [1.54, 1.807) is 66.0 Å². The SMILES string of the molecule is CN(Cc1ccccc1)C(=O)C(c1ccccc1)c1c(C(N)=O)n(C)c2ccc(NC(=O)c3ccccc3-c3ccc(C(F)(F)F)cc3)cc12. The number of rotatable bonds is 9. The number of alkyl halides is 3. The molecule has 1 atom stereocenters. The van der Waals surface area contributed by atoms with Crippen molar-refractivity contribution in [1.82, 2.24) is 9.47 Å². The third-order valence-electron chi connectivity index (χ3n) is 8.73. The predicted molar refractivity (Wildman–Crippen MR) is 187 cm³/mol. The maximum atomic E-state index is 14.4. The van der Waals surface area contributed by atoms with Crippen molar-refractivity contribution in [2.24, 2.45) is 12.8 Å². The van der Waals surface area contributed by atoms with Crippen LogP contribution in [0.15, 0.2) is 127 Å². The maximum absolute atomic E-state index is 14.4. The van der Waals surface area contributed by atoms with Gasteiger partial charge in [0.25, 0.3) is 11.8 Å². The molecular formula is C40H33F3N4O3. The predicted octanol–water partition coefficient (Wildman–Crippen LogP) is 8.01. The molecule has 3 N–H and O–H groups in total.